The van der Waals surface area contributed by atoms with Gasteiger partial charge in [0.15, 0.2) is 0 Å². The van der Waals surface area contributed by atoms with E-state index < -0.39 is 0 Å². The number of nitrogens with one attached hydrogen (secondary N) is 1. The van der Waals surface area contributed by atoms with Gasteiger partial charge in [-0.05, 0) is 79.4 Å². The van der Waals surface area contributed by atoms with Crippen molar-refractivity contribution in [3.63, 3.8) is 0 Å². The maximum atomic E-state index is 3.66. The largest absolute Gasteiger partial charge is 0.313 e. The van der Waals surface area contributed by atoms with Crippen molar-refractivity contribution >= 4 is 64.6 Å². The van der Waals surface area contributed by atoms with Crippen molar-refractivity contribution in [1.29, 1.82) is 0 Å². The Labute approximate surface area is 143 Å². The average Bonchev–Trinajstić information content (AvgIpc) is 3.00. The summed E-state index contributed by atoms with van der Waals surface area (Å²) >= 11 is 10.8. The molecule has 1 N–H and O–H groups in total. The first kappa shape index (κ1) is 14.7. The summed E-state index contributed by atoms with van der Waals surface area (Å²) in [6.45, 7) is 0. The number of rotatable bonds is 4. The predicted octanol–water partition coefficient (Wildman–Crippen LogP) is 5.99. The molecule has 5 heteroatoms. The molecule has 1 unspecified atom stereocenters. The molecule has 104 valence electrons. The van der Waals surface area contributed by atoms with Gasteiger partial charge in [0.1, 0.15) is 0 Å². The van der Waals surface area contributed by atoms with Crippen LogP contribution in [-0.2, 0) is 6.42 Å². The highest BCUT2D eigenvalue weighted by Crippen LogP contribution is 2.37. The van der Waals surface area contributed by atoms with E-state index in [1.807, 2.05) is 18.4 Å². The molecule has 0 fully saturated rings. The van der Waals surface area contributed by atoms with Crippen molar-refractivity contribution < 1.29 is 0 Å². The van der Waals surface area contributed by atoms with Crippen LogP contribution in [0.25, 0.3) is 10.1 Å². The van der Waals surface area contributed by atoms with Crippen LogP contribution in [0.1, 0.15) is 17.2 Å². The summed E-state index contributed by atoms with van der Waals surface area (Å²) in [6.07, 6.45) is 1.00. The van der Waals surface area contributed by atoms with Gasteiger partial charge in [0, 0.05) is 10.7 Å². The predicted molar refractivity (Wildman–Crippen MR) is 97.0 cm³/mol. The zero-order valence-corrected chi connectivity index (χ0v) is 15.6. The van der Waals surface area contributed by atoms with Crippen molar-refractivity contribution in [1.82, 2.24) is 5.32 Å². The highest BCUT2D eigenvalue weighted by Gasteiger charge is 2.17. The van der Waals surface area contributed by atoms with Crippen LogP contribution in [-0.4, -0.2) is 7.05 Å². The third-order valence-corrected chi connectivity index (χ3v) is 6.79. The van der Waals surface area contributed by atoms with Gasteiger partial charge in [0.25, 0.3) is 0 Å². The molecule has 0 aliphatic carbocycles. The molecule has 1 nitrogen and oxygen atoms in total. The fourth-order valence-electron chi connectivity index (χ4n) is 2.37. The SMILES string of the molecule is CNC(Cc1csc2ccccc12)c1cc(Br)sc1Br. The molecule has 20 heavy (non-hydrogen) atoms. The lowest BCUT2D eigenvalue weighted by Crippen LogP contribution is -2.18. The molecule has 2 aromatic heterocycles. The topological polar surface area (TPSA) is 12.0 Å². The molecular formula is C15H13Br2NS2. The van der Waals surface area contributed by atoms with Crippen LogP contribution in [0.5, 0.6) is 0 Å². The Morgan fingerprint density at radius 1 is 1.25 bits per heavy atom. The van der Waals surface area contributed by atoms with Crippen molar-refractivity contribution in [2.24, 2.45) is 0 Å². The first-order chi connectivity index (χ1) is 9.69. The van der Waals surface area contributed by atoms with Gasteiger partial charge in [-0.2, -0.15) is 0 Å². The Kier molecular flexibility index (Phi) is 4.62. The molecule has 2 heterocycles. The third kappa shape index (κ3) is 2.88. The maximum absolute atomic E-state index is 3.66. The van der Waals surface area contributed by atoms with Crippen LogP contribution in [0.3, 0.4) is 0 Å². The molecule has 1 atom stereocenters. The molecule has 0 bridgehead atoms. The summed E-state index contributed by atoms with van der Waals surface area (Å²) in [4.78, 5) is 0. The Balaban J connectivity index is 1.94. The summed E-state index contributed by atoms with van der Waals surface area (Å²) in [6, 6.07) is 11.1. The van der Waals surface area contributed by atoms with Gasteiger partial charge in [0.05, 0.1) is 7.57 Å². The number of thiophene rings is 2. The Bertz CT molecular complexity index is 732. The van der Waals surface area contributed by atoms with E-state index in [2.05, 4.69) is 72.9 Å². The smallest absolute Gasteiger partial charge is 0.0758 e. The zero-order chi connectivity index (χ0) is 14.1. The highest BCUT2D eigenvalue weighted by atomic mass is 79.9. The molecule has 0 radical (unpaired) electrons. The highest BCUT2D eigenvalue weighted by molar-refractivity contribution is 9.12. The summed E-state index contributed by atoms with van der Waals surface area (Å²) in [5, 5.41) is 7.10. The van der Waals surface area contributed by atoms with E-state index in [0.29, 0.717) is 6.04 Å². The normalized spacial score (nSPS) is 12.9. The number of hydrogen-bond donors (Lipinski definition) is 1. The number of fused-ring (bicyclic) bond motifs is 1. The van der Waals surface area contributed by atoms with Crippen molar-refractivity contribution in [3.05, 3.63) is 54.4 Å². The van der Waals surface area contributed by atoms with Gasteiger partial charge in [-0.25, -0.2) is 0 Å². The van der Waals surface area contributed by atoms with Gasteiger partial charge in [0.2, 0.25) is 0 Å². The molecular weight excluding hydrogens is 418 g/mol. The lowest BCUT2D eigenvalue weighted by molar-refractivity contribution is 0.594. The second-order valence-corrected chi connectivity index (χ2v) is 9.24. The second-order valence-electron chi connectivity index (χ2n) is 4.58. The molecule has 0 spiro atoms. The summed E-state index contributed by atoms with van der Waals surface area (Å²) in [5.74, 6) is 0. The Morgan fingerprint density at radius 3 is 2.75 bits per heavy atom. The van der Waals surface area contributed by atoms with Crippen LogP contribution < -0.4 is 5.32 Å². The van der Waals surface area contributed by atoms with Crippen molar-refractivity contribution in [2.75, 3.05) is 7.05 Å². The summed E-state index contributed by atoms with van der Waals surface area (Å²) < 4.78 is 3.72. The average molecular weight is 431 g/mol. The van der Waals surface area contributed by atoms with Crippen LogP contribution in [0.2, 0.25) is 0 Å². The Hall–Kier alpha value is -0.200. The minimum absolute atomic E-state index is 0.324. The maximum Gasteiger partial charge on any atom is 0.0758 e. The standard InChI is InChI=1S/C15H13Br2NS2/c1-18-12(11-7-14(16)20-15(11)17)6-9-8-19-13-5-3-2-4-10(9)13/h2-5,7-8,12,18H,6H2,1H3. The summed E-state index contributed by atoms with van der Waals surface area (Å²) in [7, 11) is 2.03. The van der Waals surface area contributed by atoms with Crippen LogP contribution in [0.15, 0.2) is 43.3 Å². The van der Waals surface area contributed by atoms with E-state index in [-0.39, 0.29) is 0 Å². The minimum atomic E-state index is 0.324. The van der Waals surface area contributed by atoms with E-state index >= 15 is 0 Å². The van der Waals surface area contributed by atoms with Crippen LogP contribution in [0, 0.1) is 0 Å². The first-order valence-corrected chi connectivity index (χ1v) is 9.54. The molecule has 3 rings (SSSR count). The van der Waals surface area contributed by atoms with Gasteiger partial charge >= 0.3 is 0 Å². The first-order valence-electron chi connectivity index (χ1n) is 6.26. The molecule has 0 aliphatic heterocycles. The number of benzene rings is 1. The molecule has 1 aromatic carbocycles. The Morgan fingerprint density at radius 2 is 2.05 bits per heavy atom. The van der Waals surface area contributed by atoms with Crippen LogP contribution in [0.4, 0.5) is 0 Å². The lowest BCUT2D eigenvalue weighted by Gasteiger charge is -2.15. The quantitative estimate of drug-likeness (QED) is 0.535. The van der Waals surface area contributed by atoms with E-state index in [0.717, 1.165) is 10.2 Å². The molecule has 0 saturated heterocycles. The van der Waals surface area contributed by atoms with Crippen LogP contribution >= 0.6 is 54.5 Å². The fraction of sp³-hybridized carbons (Fsp3) is 0.200. The number of likely N-dealkylation sites (N-methyl/N-ethyl adjacent to an activating group) is 1. The number of halogens is 2. The van der Waals surface area contributed by atoms with E-state index in [4.69, 9.17) is 0 Å². The van der Waals surface area contributed by atoms with E-state index in [1.54, 1.807) is 11.3 Å². The van der Waals surface area contributed by atoms with Crippen molar-refractivity contribution in [3.8, 4) is 0 Å². The number of hydrogen-bond acceptors (Lipinski definition) is 3. The van der Waals surface area contributed by atoms with Gasteiger partial charge < -0.3 is 5.32 Å². The lowest BCUT2D eigenvalue weighted by atomic mass is 10.0. The van der Waals surface area contributed by atoms with E-state index in [1.165, 1.54) is 25.0 Å². The molecule has 0 saturated carbocycles. The minimum Gasteiger partial charge on any atom is -0.313 e. The monoisotopic (exact) mass is 429 g/mol. The second kappa shape index (κ2) is 6.28. The van der Waals surface area contributed by atoms with E-state index in [9.17, 15) is 0 Å². The van der Waals surface area contributed by atoms with Gasteiger partial charge in [-0.15, -0.1) is 22.7 Å². The van der Waals surface area contributed by atoms with Crippen molar-refractivity contribution in [2.45, 2.75) is 12.5 Å². The van der Waals surface area contributed by atoms with Gasteiger partial charge in [-0.1, -0.05) is 18.2 Å². The third-order valence-electron chi connectivity index (χ3n) is 3.39. The summed E-state index contributed by atoms with van der Waals surface area (Å²) in [5.41, 5.74) is 2.74. The fourth-order valence-corrected chi connectivity index (χ4v) is 6.32. The molecule has 0 amide bonds. The molecule has 3 aromatic rings. The zero-order valence-electron chi connectivity index (χ0n) is 10.8. The van der Waals surface area contributed by atoms with Gasteiger partial charge in [-0.3, -0.25) is 0 Å². The molecule has 0 aliphatic rings.